The van der Waals surface area contributed by atoms with Gasteiger partial charge >= 0.3 is 0 Å². The topological polar surface area (TPSA) is 27.3 Å². The predicted octanol–water partition coefficient (Wildman–Crippen LogP) is 5.34. The van der Waals surface area contributed by atoms with Crippen molar-refractivity contribution in [1.29, 1.82) is 0 Å². The molecule has 0 radical (unpaired) electrons. The molecule has 2 N–H and O–H groups in total. The summed E-state index contributed by atoms with van der Waals surface area (Å²) in [6.07, 6.45) is 21.7. The molecule has 29 heavy (non-hydrogen) atoms. The van der Waals surface area contributed by atoms with Crippen LogP contribution in [0.15, 0.2) is 78.1 Å². The van der Waals surface area contributed by atoms with Gasteiger partial charge in [0.25, 0.3) is 0 Å². The number of halogens is 1. The van der Waals surface area contributed by atoms with Gasteiger partial charge in [-0.2, -0.15) is 0 Å². The van der Waals surface area contributed by atoms with Crippen molar-refractivity contribution in [3.63, 3.8) is 0 Å². The lowest BCUT2D eigenvalue weighted by Gasteiger charge is -2.50. The van der Waals surface area contributed by atoms with Gasteiger partial charge in [0.1, 0.15) is 5.54 Å². The molecule has 1 saturated heterocycles. The molecular weight excluding hydrogens is 469 g/mol. The van der Waals surface area contributed by atoms with E-state index in [2.05, 4.69) is 105 Å². The van der Waals surface area contributed by atoms with Crippen LogP contribution in [0.1, 0.15) is 44.1 Å². The highest BCUT2D eigenvalue weighted by molar-refractivity contribution is 14.1. The van der Waals surface area contributed by atoms with Crippen molar-refractivity contribution >= 4 is 22.6 Å². The summed E-state index contributed by atoms with van der Waals surface area (Å²) < 4.78 is 0.543. The first-order valence-electron chi connectivity index (χ1n) is 11.0. The van der Waals surface area contributed by atoms with Crippen LogP contribution in [0.4, 0.5) is 0 Å². The van der Waals surface area contributed by atoms with E-state index in [1.807, 2.05) is 0 Å². The van der Waals surface area contributed by atoms with Gasteiger partial charge in [-0.05, 0) is 61.4 Å². The van der Waals surface area contributed by atoms with Gasteiger partial charge in [0, 0.05) is 16.4 Å². The highest BCUT2D eigenvalue weighted by Crippen LogP contribution is 2.49. The molecule has 5 rings (SSSR count). The van der Waals surface area contributed by atoms with E-state index in [4.69, 9.17) is 0 Å². The summed E-state index contributed by atoms with van der Waals surface area (Å²) in [5, 5.41) is 6.28. The number of nitrogens with one attached hydrogen (secondary N) is 2. The van der Waals surface area contributed by atoms with Crippen molar-refractivity contribution in [3.8, 4) is 0 Å². The molecule has 4 atom stereocenters. The summed E-state index contributed by atoms with van der Waals surface area (Å²) in [5.74, 6) is 0.557. The van der Waals surface area contributed by atoms with Crippen molar-refractivity contribution in [2.75, 3.05) is 6.54 Å². The quantitative estimate of drug-likeness (QED) is 0.333. The lowest BCUT2D eigenvalue weighted by molar-refractivity contribution is 0.0563. The van der Waals surface area contributed by atoms with Gasteiger partial charge in [-0.1, -0.05) is 83.3 Å². The van der Waals surface area contributed by atoms with Gasteiger partial charge in [0.05, 0.1) is 6.17 Å². The molecule has 0 aromatic heterocycles. The Morgan fingerprint density at radius 2 is 1.93 bits per heavy atom. The van der Waals surface area contributed by atoms with Gasteiger partial charge in [-0.3, -0.25) is 5.43 Å². The Labute approximate surface area is 188 Å². The van der Waals surface area contributed by atoms with E-state index in [9.17, 15) is 0 Å². The molecule has 4 aliphatic rings. The van der Waals surface area contributed by atoms with E-state index in [0.29, 0.717) is 9.84 Å². The van der Waals surface area contributed by atoms with Crippen LogP contribution in [-0.2, 0) is 5.54 Å². The minimum absolute atomic E-state index is 0.257. The van der Waals surface area contributed by atoms with Crippen LogP contribution in [0.25, 0.3) is 0 Å². The van der Waals surface area contributed by atoms with Gasteiger partial charge in [-0.15, -0.1) is 0 Å². The van der Waals surface area contributed by atoms with Crippen molar-refractivity contribution in [3.05, 3.63) is 83.6 Å². The second-order valence-corrected chi connectivity index (χ2v) is 9.94. The van der Waals surface area contributed by atoms with Gasteiger partial charge < -0.3 is 5.32 Å². The number of hydrogen-bond acceptors (Lipinski definition) is 3. The number of alkyl halides is 1. The normalized spacial score (nSPS) is 31.4. The zero-order valence-corrected chi connectivity index (χ0v) is 19.0. The molecule has 0 bridgehead atoms. The maximum absolute atomic E-state index is 3.87. The number of allylic oxidation sites excluding steroid dienone is 4. The van der Waals surface area contributed by atoms with Crippen molar-refractivity contribution in [2.45, 2.75) is 54.2 Å². The second kappa shape index (κ2) is 8.40. The maximum Gasteiger partial charge on any atom is 0.108 e. The first kappa shape index (κ1) is 19.6. The zero-order chi connectivity index (χ0) is 19.7. The smallest absolute Gasteiger partial charge is 0.108 e. The zero-order valence-electron chi connectivity index (χ0n) is 16.9. The van der Waals surface area contributed by atoms with Crippen molar-refractivity contribution in [1.82, 2.24) is 15.8 Å². The van der Waals surface area contributed by atoms with E-state index in [-0.39, 0.29) is 11.7 Å². The molecule has 3 nitrogen and oxygen atoms in total. The Hall–Kier alpha value is -1.37. The van der Waals surface area contributed by atoms with E-state index >= 15 is 0 Å². The largest absolute Gasteiger partial charge is 0.374 e. The van der Waals surface area contributed by atoms with Gasteiger partial charge in [-0.25, -0.2) is 5.01 Å². The molecule has 2 heterocycles. The molecular formula is C25H30IN3. The number of rotatable bonds is 4. The predicted molar refractivity (Wildman–Crippen MR) is 128 cm³/mol. The van der Waals surface area contributed by atoms with E-state index in [1.54, 1.807) is 5.57 Å². The number of fused-ring (bicyclic) bond motifs is 1. The number of hydrogen-bond donors (Lipinski definition) is 2. The minimum atomic E-state index is -0.257. The third-order valence-corrected chi connectivity index (χ3v) is 8.20. The number of nitrogens with zero attached hydrogens (tertiary/aromatic N) is 1. The lowest BCUT2D eigenvalue weighted by Crippen LogP contribution is -2.60. The molecule has 1 aromatic carbocycles. The average Bonchev–Trinajstić information content (AvgIpc) is 3.23. The second-order valence-electron chi connectivity index (χ2n) is 8.50. The molecule has 152 valence electrons. The SMILES string of the molecule is IC1C=CNC2C1CNN2C(C1=CCCC=C1)(C1=CCCCC1)c1ccccc1. The molecule has 4 heteroatoms. The molecule has 1 aromatic rings. The summed E-state index contributed by atoms with van der Waals surface area (Å²) in [5.41, 5.74) is 7.98. The molecule has 4 unspecified atom stereocenters. The maximum atomic E-state index is 3.87. The highest BCUT2D eigenvalue weighted by atomic mass is 127. The Balaban J connectivity index is 1.72. The summed E-state index contributed by atoms with van der Waals surface area (Å²) >= 11 is 2.60. The monoisotopic (exact) mass is 499 g/mol. The van der Waals surface area contributed by atoms with Crippen LogP contribution in [0.3, 0.4) is 0 Å². The molecule has 1 fully saturated rings. The van der Waals surface area contributed by atoms with Crippen LogP contribution in [-0.4, -0.2) is 21.6 Å². The Bertz CT molecular complexity index is 856. The first-order valence-corrected chi connectivity index (χ1v) is 12.3. The van der Waals surface area contributed by atoms with Crippen LogP contribution in [0, 0.1) is 5.92 Å². The highest BCUT2D eigenvalue weighted by Gasteiger charge is 2.53. The van der Waals surface area contributed by atoms with Crippen molar-refractivity contribution < 1.29 is 0 Å². The number of hydrazine groups is 1. The average molecular weight is 499 g/mol. The third-order valence-electron chi connectivity index (χ3n) is 6.86. The Morgan fingerprint density at radius 3 is 2.69 bits per heavy atom. The fourth-order valence-electron chi connectivity index (χ4n) is 5.50. The summed E-state index contributed by atoms with van der Waals surface area (Å²) in [4.78, 5) is 0. The molecule has 2 aliphatic carbocycles. The Kier molecular flexibility index (Phi) is 5.67. The van der Waals surface area contributed by atoms with E-state index in [1.165, 1.54) is 36.8 Å². The summed E-state index contributed by atoms with van der Waals surface area (Å²) in [7, 11) is 0. The summed E-state index contributed by atoms with van der Waals surface area (Å²) in [6, 6.07) is 11.2. The first-order chi connectivity index (χ1) is 14.3. The van der Waals surface area contributed by atoms with Crippen LogP contribution >= 0.6 is 22.6 Å². The van der Waals surface area contributed by atoms with Crippen LogP contribution < -0.4 is 10.7 Å². The fourth-order valence-corrected chi connectivity index (χ4v) is 6.36. The molecule has 0 amide bonds. The standard InChI is InChI=1S/C25H30IN3/c26-23-16-17-27-24-22(23)18-28-29(24)25(19-10-4-1-5-11-19,20-12-6-2-7-13-20)21-14-8-3-9-15-21/h1,4-6,10-14,16-17,22-24,27-28H,2-3,7-9,15,18H2. The molecule has 0 spiro atoms. The molecule has 2 aliphatic heterocycles. The van der Waals surface area contributed by atoms with Gasteiger partial charge in [0.2, 0.25) is 0 Å². The van der Waals surface area contributed by atoms with Crippen molar-refractivity contribution in [2.24, 2.45) is 5.92 Å². The van der Waals surface area contributed by atoms with E-state index in [0.717, 1.165) is 19.4 Å². The van der Waals surface area contributed by atoms with Gasteiger partial charge in [0.15, 0.2) is 0 Å². The fraction of sp³-hybridized carbons (Fsp3) is 0.440. The third kappa shape index (κ3) is 3.33. The molecule has 0 saturated carbocycles. The summed E-state index contributed by atoms with van der Waals surface area (Å²) in [6.45, 7) is 1.01. The Morgan fingerprint density at radius 1 is 1.03 bits per heavy atom. The van der Waals surface area contributed by atoms with Crippen LogP contribution in [0.2, 0.25) is 0 Å². The number of benzene rings is 1. The minimum Gasteiger partial charge on any atom is -0.374 e. The van der Waals surface area contributed by atoms with Crippen LogP contribution in [0.5, 0.6) is 0 Å². The lowest BCUT2D eigenvalue weighted by atomic mass is 9.70. The van der Waals surface area contributed by atoms with E-state index < -0.39 is 0 Å².